The van der Waals surface area contributed by atoms with E-state index in [9.17, 15) is 4.79 Å². The van der Waals surface area contributed by atoms with E-state index in [1.807, 2.05) is 104 Å². The molecule has 0 saturated carbocycles. The lowest BCUT2D eigenvalue weighted by atomic mass is 10.1. The van der Waals surface area contributed by atoms with Crippen LogP contribution in [0.15, 0.2) is 66.9 Å². The van der Waals surface area contributed by atoms with Crippen molar-refractivity contribution >= 4 is 23.7 Å². The van der Waals surface area contributed by atoms with Crippen LogP contribution in [-0.2, 0) is 11.8 Å². The Hall–Kier alpha value is -3.60. The molecule has 3 rings (SSSR count). The Bertz CT molecular complexity index is 1030. The molecule has 0 aliphatic carbocycles. The molecule has 1 amide bonds. The second kappa shape index (κ2) is 10.3. The fourth-order valence-electron chi connectivity index (χ4n) is 2.88. The standard InChI is InChI=1S/C25H26N2O3/c1-4-29-24-17-20(10-14-22-7-5-6-16-27(22)3)11-15-23(24)30-18-25(28)26-21-12-8-19(2)9-13-21/h5-17H,4,18H2,1-3H3/p+1/b14-10+. The first-order valence-corrected chi connectivity index (χ1v) is 9.94. The zero-order chi connectivity index (χ0) is 21.3. The van der Waals surface area contributed by atoms with E-state index in [1.165, 1.54) is 0 Å². The molecular weight excluding hydrogens is 376 g/mol. The summed E-state index contributed by atoms with van der Waals surface area (Å²) in [5, 5.41) is 2.83. The van der Waals surface area contributed by atoms with Crippen molar-refractivity contribution in [2.75, 3.05) is 18.5 Å². The molecule has 3 aromatic rings. The van der Waals surface area contributed by atoms with Crippen LogP contribution in [0.5, 0.6) is 11.5 Å². The predicted octanol–water partition coefficient (Wildman–Crippen LogP) is 4.41. The van der Waals surface area contributed by atoms with Gasteiger partial charge >= 0.3 is 0 Å². The van der Waals surface area contributed by atoms with E-state index in [2.05, 4.69) is 5.32 Å². The van der Waals surface area contributed by atoms with Crippen LogP contribution in [0.4, 0.5) is 5.69 Å². The highest BCUT2D eigenvalue weighted by atomic mass is 16.5. The van der Waals surface area contributed by atoms with E-state index in [1.54, 1.807) is 0 Å². The highest BCUT2D eigenvalue weighted by Gasteiger charge is 2.09. The smallest absolute Gasteiger partial charge is 0.262 e. The molecule has 0 unspecified atom stereocenters. The lowest BCUT2D eigenvalue weighted by Crippen LogP contribution is -2.30. The van der Waals surface area contributed by atoms with Gasteiger partial charge in [0.2, 0.25) is 5.69 Å². The molecule has 154 valence electrons. The summed E-state index contributed by atoms with van der Waals surface area (Å²) in [5.74, 6) is 0.931. The normalized spacial score (nSPS) is 10.8. The number of ether oxygens (including phenoxy) is 2. The Kier molecular flexibility index (Phi) is 7.22. The molecule has 0 aliphatic heterocycles. The average Bonchev–Trinajstić information content (AvgIpc) is 2.74. The molecule has 0 bridgehead atoms. The van der Waals surface area contributed by atoms with Crippen LogP contribution >= 0.6 is 0 Å². The third-order valence-electron chi connectivity index (χ3n) is 4.50. The molecule has 0 saturated heterocycles. The van der Waals surface area contributed by atoms with Crippen LogP contribution in [-0.4, -0.2) is 19.1 Å². The molecule has 2 aromatic carbocycles. The number of amides is 1. The van der Waals surface area contributed by atoms with E-state index in [0.717, 1.165) is 22.5 Å². The van der Waals surface area contributed by atoms with Crippen molar-refractivity contribution < 1.29 is 18.8 Å². The lowest BCUT2D eigenvalue weighted by Gasteiger charge is -2.13. The summed E-state index contributed by atoms with van der Waals surface area (Å²) in [7, 11) is 2.00. The van der Waals surface area contributed by atoms with E-state index in [-0.39, 0.29) is 12.5 Å². The summed E-state index contributed by atoms with van der Waals surface area (Å²) < 4.78 is 13.5. The number of hydrogen-bond donors (Lipinski definition) is 1. The van der Waals surface area contributed by atoms with Crippen molar-refractivity contribution in [1.82, 2.24) is 0 Å². The molecule has 5 heteroatoms. The number of nitrogens with zero attached hydrogens (tertiary/aromatic N) is 1. The number of hydrogen-bond acceptors (Lipinski definition) is 3. The minimum absolute atomic E-state index is 0.0943. The van der Waals surface area contributed by atoms with Crippen LogP contribution in [0.25, 0.3) is 12.2 Å². The quantitative estimate of drug-likeness (QED) is 0.567. The average molecular weight is 404 g/mol. The van der Waals surface area contributed by atoms with Crippen molar-refractivity contribution in [3.8, 4) is 11.5 Å². The van der Waals surface area contributed by atoms with Gasteiger partial charge < -0.3 is 14.8 Å². The first-order valence-electron chi connectivity index (χ1n) is 9.94. The number of benzene rings is 2. The number of nitrogens with one attached hydrogen (secondary N) is 1. The van der Waals surface area contributed by atoms with Crippen molar-refractivity contribution in [2.45, 2.75) is 13.8 Å². The summed E-state index contributed by atoms with van der Waals surface area (Å²) in [5.41, 5.74) is 3.96. The zero-order valence-electron chi connectivity index (χ0n) is 17.6. The number of aromatic nitrogens is 1. The molecule has 0 aliphatic rings. The fraction of sp³-hybridized carbons (Fsp3) is 0.200. The summed E-state index contributed by atoms with van der Waals surface area (Å²) in [6, 6.07) is 19.4. The maximum atomic E-state index is 12.2. The Morgan fingerprint density at radius 2 is 1.80 bits per heavy atom. The molecule has 0 spiro atoms. The predicted molar refractivity (Wildman–Crippen MR) is 119 cm³/mol. The Balaban J connectivity index is 1.66. The molecule has 0 atom stereocenters. The van der Waals surface area contributed by atoms with Gasteiger partial charge in [0.25, 0.3) is 5.91 Å². The summed E-state index contributed by atoms with van der Waals surface area (Å²) >= 11 is 0. The van der Waals surface area contributed by atoms with Gasteiger partial charge in [-0.3, -0.25) is 4.79 Å². The molecule has 1 heterocycles. The monoisotopic (exact) mass is 403 g/mol. The molecular formula is C25H27N2O3+. The van der Waals surface area contributed by atoms with Crippen molar-refractivity contribution in [1.29, 1.82) is 0 Å². The van der Waals surface area contributed by atoms with Gasteiger partial charge in [-0.15, -0.1) is 0 Å². The first kappa shape index (κ1) is 21.1. The van der Waals surface area contributed by atoms with Gasteiger partial charge in [-0.2, -0.15) is 0 Å². The van der Waals surface area contributed by atoms with E-state index in [0.29, 0.717) is 18.1 Å². The third kappa shape index (κ3) is 5.95. The molecule has 0 fully saturated rings. The van der Waals surface area contributed by atoms with Crippen LogP contribution in [0.3, 0.4) is 0 Å². The van der Waals surface area contributed by atoms with E-state index in [4.69, 9.17) is 9.47 Å². The highest BCUT2D eigenvalue weighted by molar-refractivity contribution is 5.91. The van der Waals surface area contributed by atoms with Crippen LogP contribution in [0.1, 0.15) is 23.7 Å². The number of aryl methyl sites for hydroxylation is 2. The Morgan fingerprint density at radius 3 is 2.53 bits per heavy atom. The van der Waals surface area contributed by atoms with Crippen molar-refractivity contribution in [3.05, 3.63) is 83.7 Å². The highest BCUT2D eigenvalue weighted by Crippen LogP contribution is 2.29. The molecule has 1 N–H and O–H groups in total. The van der Waals surface area contributed by atoms with Gasteiger partial charge in [0.15, 0.2) is 24.3 Å². The SMILES string of the molecule is CCOc1cc(/C=C/c2cccc[n+]2C)ccc1OCC(=O)Nc1ccc(C)cc1. The van der Waals surface area contributed by atoms with Gasteiger partial charge in [0.05, 0.1) is 6.61 Å². The van der Waals surface area contributed by atoms with E-state index >= 15 is 0 Å². The van der Waals surface area contributed by atoms with Gasteiger partial charge in [0.1, 0.15) is 7.05 Å². The third-order valence-corrected chi connectivity index (χ3v) is 4.50. The fourth-order valence-corrected chi connectivity index (χ4v) is 2.88. The Morgan fingerprint density at radius 1 is 1.00 bits per heavy atom. The minimum atomic E-state index is -0.221. The largest absolute Gasteiger partial charge is 0.490 e. The summed E-state index contributed by atoms with van der Waals surface area (Å²) in [6.07, 6.45) is 6.07. The van der Waals surface area contributed by atoms with Gasteiger partial charge in [-0.1, -0.05) is 23.8 Å². The lowest BCUT2D eigenvalue weighted by molar-refractivity contribution is -0.673. The second-order valence-electron chi connectivity index (χ2n) is 6.91. The first-order chi connectivity index (χ1) is 14.5. The van der Waals surface area contributed by atoms with Crippen LogP contribution in [0.2, 0.25) is 0 Å². The molecule has 30 heavy (non-hydrogen) atoms. The van der Waals surface area contributed by atoms with Gasteiger partial charge in [0, 0.05) is 23.9 Å². The number of carbonyl (C=O) groups is 1. The summed E-state index contributed by atoms with van der Waals surface area (Å²) in [6.45, 7) is 4.33. The van der Waals surface area contributed by atoms with E-state index < -0.39 is 0 Å². The maximum Gasteiger partial charge on any atom is 0.262 e. The number of pyridine rings is 1. The van der Waals surface area contributed by atoms with Gasteiger partial charge in [-0.25, -0.2) is 4.57 Å². The summed E-state index contributed by atoms with van der Waals surface area (Å²) in [4.78, 5) is 12.2. The van der Waals surface area contributed by atoms with Crippen LogP contribution < -0.4 is 19.4 Å². The topological polar surface area (TPSA) is 51.4 Å². The minimum Gasteiger partial charge on any atom is -0.490 e. The molecule has 1 aromatic heterocycles. The zero-order valence-corrected chi connectivity index (χ0v) is 17.6. The number of carbonyl (C=O) groups excluding carboxylic acids is 1. The van der Waals surface area contributed by atoms with Crippen molar-refractivity contribution in [3.63, 3.8) is 0 Å². The van der Waals surface area contributed by atoms with Crippen LogP contribution in [0, 0.1) is 6.92 Å². The molecule has 5 nitrogen and oxygen atoms in total. The number of anilines is 1. The molecule has 0 radical (unpaired) electrons. The van der Waals surface area contributed by atoms with Gasteiger partial charge in [-0.05, 0) is 55.8 Å². The maximum absolute atomic E-state index is 12.2. The Labute approximate surface area is 177 Å². The number of rotatable bonds is 8. The second-order valence-corrected chi connectivity index (χ2v) is 6.91. The van der Waals surface area contributed by atoms with Crippen molar-refractivity contribution in [2.24, 2.45) is 7.05 Å².